The molecule has 0 radical (unpaired) electrons. The summed E-state index contributed by atoms with van der Waals surface area (Å²) in [6.07, 6.45) is 4.83. The molecular weight excluding hydrogens is 470 g/mol. The van der Waals surface area contributed by atoms with Crippen LogP contribution in [0.1, 0.15) is 81.7 Å². The van der Waals surface area contributed by atoms with Crippen molar-refractivity contribution in [2.75, 3.05) is 13.2 Å². The average Bonchev–Trinajstić information content (AvgIpc) is 3.47. The Bertz CT molecular complexity index is 1190. The minimum atomic E-state index is -0.734. The molecule has 3 aromatic rings. The molecule has 0 aliphatic heterocycles. The third kappa shape index (κ3) is 6.47. The SMILES string of the molecule is CCCc1cc(-c2nc(C(C)(C)C)cs2)ccc1OCCCOc1ccc2c(c1)CCC2CC(=O)O. The van der Waals surface area contributed by atoms with Crippen LogP contribution in [0, 0.1) is 0 Å². The van der Waals surface area contributed by atoms with Gasteiger partial charge in [-0.3, -0.25) is 4.79 Å². The van der Waals surface area contributed by atoms with Crippen molar-refractivity contribution in [2.45, 2.75) is 77.6 Å². The molecule has 0 fully saturated rings. The van der Waals surface area contributed by atoms with Gasteiger partial charge in [0.15, 0.2) is 0 Å². The highest BCUT2D eigenvalue weighted by Gasteiger charge is 2.25. The number of ether oxygens (including phenoxy) is 2. The Balaban J connectivity index is 1.30. The van der Waals surface area contributed by atoms with E-state index < -0.39 is 5.97 Å². The smallest absolute Gasteiger partial charge is 0.303 e. The normalized spacial score (nSPS) is 15.1. The van der Waals surface area contributed by atoms with E-state index in [0.717, 1.165) is 65.4 Å². The van der Waals surface area contributed by atoms with E-state index in [1.807, 2.05) is 12.1 Å². The Hall–Kier alpha value is -2.86. The van der Waals surface area contributed by atoms with Gasteiger partial charge in [0.25, 0.3) is 0 Å². The Kier molecular flexibility index (Phi) is 8.35. The number of aryl methyl sites for hydroxylation is 2. The fourth-order valence-electron chi connectivity index (χ4n) is 4.69. The predicted octanol–water partition coefficient (Wildman–Crippen LogP) is 7.41. The van der Waals surface area contributed by atoms with E-state index in [1.165, 1.54) is 11.1 Å². The van der Waals surface area contributed by atoms with Gasteiger partial charge in [-0.2, -0.15) is 0 Å². The van der Waals surface area contributed by atoms with Gasteiger partial charge in [0.1, 0.15) is 16.5 Å². The molecule has 0 saturated heterocycles. The maximum Gasteiger partial charge on any atom is 0.303 e. The third-order valence-electron chi connectivity index (χ3n) is 6.65. The van der Waals surface area contributed by atoms with Crippen molar-refractivity contribution in [1.29, 1.82) is 0 Å². The van der Waals surface area contributed by atoms with Crippen LogP contribution in [0.3, 0.4) is 0 Å². The molecule has 1 aromatic heterocycles. The summed E-state index contributed by atoms with van der Waals surface area (Å²) in [7, 11) is 0. The zero-order valence-electron chi connectivity index (χ0n) is 21.8. The first-order chi connectivity index (χ1) is 17.2. The molecule has 0 bridgehead atoms. The number of carboxylic acid groups (broad SMARTS) is 1. The maximum atomic E-state index is 11.1. The molecule has 1 aliphatic rings. The molecule has 1 aliphatic carbocycles. The number of aliphatic carboxylic acids is 1. The molecule has 5 nitrogen and oxygen atoms in total. The van der Waals surface area contributed by atoms with E-state index in [2.05, 4.69) is 57.3 Å². The summed E-state index contributed by atoms with van der Waals surface area (Å²) in [4.78, 5) is 15.9. The summed E-state index contributed by atoms with van der Waals surface area (Å²) in [5, 5.41) is 12.3. The van der Waals surface area contributed by atoms with E-state index >= 15 is 0 Å². The lowest BCUT2D eigenvalue weighted by Crippen LogP contribution is -2.11. The van der Waals surface area contributed by atoms with Crippen LogP contribution in [-0.4, -0.2) is 29.3 Å². The number of hydrogen-bond acceptors (Lipinski definition) is 5. The van der Waals surface area contributed by atoms with E-state index in [0.29, 0.717) is 13.2 Å². The first-order valence-electron chi connectivity index (χ1n) is 12.9. The Morgan fingerprint density at radius 3 is 2.67 bits per heavy atom. The predicted molar refractivity (Wildman–Crippen MR) is 146 cm³/mol. The summed E-state index contributed by atoms with van der Waals surface area (Å²) in [6, 6.07) is 12.5. The highest BCUT2D eigenvalue weighted by molar-refractivity contribution is 7.13. The highest BCUT2D eigenvalue weighted by atomic mass is 32.1. The topological polar surface area (TPSA) is 68.7 Å². The minimum Gasteiger partial charge on any atom is -0.493 e. The van der Waals surface area contributed by atoms with E-state index in [4.69, 9.17) is 19.6 Å². The van der Waals surface area contributed by atoms with Crippen LogP contribution in [0.2, 0.25) is 0 Å². The number of carboxylic acids is 1. The van der Waals surface area contributed by atoms with Crippen LogP contribution in [0.4, 0.5) is 0 Å². The lowest BCUT2D eigenvalue weighted by Gasteiger charge is -2.15. The van der Waals surface area contributed by atoms with Crippen molar-refractivity contribution in [3.05, 3.63) is 64.2 Å². The standard InChI is InChI=1S/C30H37NO4S/c1-5-7-22-16-23(29-31-27(19-36-29)30(2,3)4)10-13-26(22)35-15-6-14-34-24-11-12-25-20(17-24)8-9-21(25)18-28(32)33/h10-13,16-17,19,21H,5-9,14-15,18H2,1-4H3,(H,32,33). The minimum absolute atomic E-state index is 0.0503. The van der Waals surface area contributed by atoms with Gasteiger partial charge in [0.05, 0.1) is 25.3 Å². The summed E-state index contributed by atoms with van der Waals surface area (Å²) >= 11 is 1.70. The fourth-order valence-corrected chi connectivity index (χ4v) is 5.74. The zero-order valence-corrected chi connectivity index (χ0v) is 22.6. The molecular formula is C30H37NO4S. The van der Waals surface area contributed by atoms with Crippen molar-refractivity contribution >= 4 is 17.3 Å². The van der Waals surface area contributed by atoms with E-state index in [9.17, 15) is 4.79 Å². The van der Waals surface area contributed by atoms with Gasteiger partial charge in [0, 0.05) is 22.8 Å². The molecule has 1 N–H and O–H groups in total. The molecule has 6 heteroatoms. The van der Waals surface area contributed by atoms with Gasteiger partial charge < -0.3 is 14.6 Å². The Morgan fingerprint density at radius 2 is 1.94 bits per heavy atom. The van der Waals surface area contributed by atoms with Crippen LogP contribution in [0.25, 0.3) is 10.6 Å². The summed E-state index contributed by atoms with van der Waals surface area (Å²) in [6.45, 7) is 9.93. The van der Waals surface area contributed by atoms with E-state index in [-0.39, 0.29) is 17.8 Å². The molecule has 4 rings (SSSR count). The van der Waals surface area contributed by atoms with Crippen molar-refractivity contribution in [3.8, 4) is 22.1 Å². The fraction of sp³-hybridized carbons (Fsp3) is 0.467. The number of fused-ring (bicyclic) bond motifs is 1. The molecule has 1 heterocycles. The molecule has 0 spiro atoms. The largest absolute Gasteiger partial charge is 0.493 e. The second-order valence-corrected chi connectivity index (χ2v) is 11.5. The van der Waals surface area contributed by atoms with Gasteiger partial charge in [-0.05, 0) is 72.2 Å². The van der Waals surface area contributed by atoms with E-state index in [1.54, 1.807) is 11.3 Å². The van der Waals surface area contributed by atoms with Crippen molar-refractivity contribution in [2.24, 2.45) is 0 Å². The third-order valence-corrected chi connectivity index (χ3v) is 7.54. The van der Waals surface area contributed by atoms with Gasteiger partial charge in [-0.15, -0.1) is 11.3 Å². The van der Waals surface area contributed by atoms with Gasteiger partial charge >= 0.3 is 5.97 Å². The Labute approximate surface area is 218 Å². The molecule has 2 aromatic carbocycles. The van der Waals surface area contributed by atoms with Crippen molar-refractivity contribution in [1.82, 2.24) is 4.98 Å². The number of thiazole rings is 1. The van der Waals surface area contributed by atoms with Crippen LogP contribution in [0.15, 0.2) is 41.8 Å². The van der Waals surface area contributed by atoms with Crippen LogP contribution in [0.5, 0.6) is 11.5 Å². The first-order valence-corrected chi connectivity index (χ1v) is 13.8. The van der Waals surface area contributed by atoms with Gasteiger partial charge in [0.2, 0.25) is 0 Å². The second-order valence-electron chi connectivity index (χ2n) is 10.6. The number of hydrogen-bond donors (Lipinski definition) is 1. The number of rotatable bonds is 11. The molecule has 1 unspecified atom stereocenters. The number of aromatic nitrogens is 1. The van der Waals surface area contributed by atoms with Crippen molar-refractivity contribution < 1.29 is 19.4 Å². The first kappa shape index (κ1) is 26.2. The number of benzene rings is 2. The number of carbonyl (C=O) groups is 1. The molecule has 192 valence electrons. The van der Waals surface area contributed by atoms with Crippen LogP contribution < -0.4 is 9.47 Å². The summed E-state index contributed by atoms with van der Waals surface area (Å²) < 4.78 is 12.1. The lowest BCUT2D eigenvalue weighted by atomic mass is 9.93. The molecule has 36 heavy (non-hydrogen) atoms. The Morgan fingerprint density at radius 1 is 1.14 bits per heavy atom. The zero-order chi connectivity index (χ0) is 25.7. The quantitative estimate of drug-likeness (QED) is 0.274. The average molecular weight is 508 g/mol. The monoisotopic (exact) mass is 507 g/mol. The lowest BCUT2D eigenvalue weighted by molar-refractivity contribution is -0.137. The van der Waals surface area contributed by atoms with Crippen molar-refractivity contribution in [3.63, 3.8) is 0 Å². The molecule has 0 amide bonds. The summed E-state index contributed by atoms with van der Waals surface area (Å²) in [5.41, 5.74) is 5.92. The van der Waals surface area contributed by atoms with Crippen LogP contribution in [-0.2, 0) is 23.1 Å². The number of nitrogens with zero attached hydrogens (tertiary/aromatic N) is 1. The van der Waals surface area contributed by atoms with Gasteiger partial charge in [-0.25, -0.2) is 4.98 Å². The van der Waals surface area contributed by atoms with Crippen LogP contribution >= 0.6 is 11.3 Å². The second kappa shape index (κ2) is 11.5. The van der Waals surface area contributed by atoms with Gasteiger partial charge in [-0.1, -0.05) is 40.2 Å². The molecule has 1 atom stereocenters. The maximum absolute atomic E-state index is 11.1. The highest BCUT2D eigenvalue weighted by Crippen LogP contribution is 2.37. The summed E-state index contributed by atoms with van der Waals surface area (Å²) in [5.74, 6) is 1.18. The molecule has 0 saturated carbocycles.